The lowest BCUT2D eigenvalue weighted by atomic mass is 9.68. The Morgan fingerprint density at radius 1 is 1.03 bits per heavy atom. The summed E-state index contributed by atoms with van der Waals surface area (Å²) in [7, 11) is 0. The van der Waals surface area contributed by atoms with Gasteiger partial charge < -0.3 is 10.1 Å². The van der Waals surface area contributed by atoms with Crippen molar-refractivity contribution in [3.8, 4) is 0 Å². The lowest BCUT2D eigenvalue weighted by Crippen LogP contribution is -2.47. The quantitative estimate of drug-likeness (QED) is 0.693. The van der Waals surface area contributed by atoms with Crippen molar-refractivity contribution < 1.29 is 4.74 Å². The maximum Gasteiger partial charge on any atom is 0.0691 e. The second-order valence-electron chi connectivity index (χ2n) is 9.55. The Kier molecular flexibility index (Phi) is 5.45. The number of rotatable bonds is 6. The molecule has 1 saturated carbocycles. The number of pyridine rings is 1. The smallest absolute Gasteiger partial charge is 0.0691 e. The van der Waals surface area contributed by atoms with Gasteiger partial charge in [-0.15, -0.1) is 0 Å². The van der Waals surface area contributed by atoms with Crippen molar-refractivity contribution in [2.45, 2.75) is 74.7 Å². The van der Waals surface area contributed by atoms with Crippen molar-refractivity contribution in [1.29, 1.82) is 0 Å². The molecule has 0 amide bonds. The van der Waals surface area contributed by atoms with E-state index in [1.54, 1.807) is 11.1 Å². The van der Waals surface area contributed by atoms with Crippen LogP contribution >= 0.6 is 0 Å². The SMILES string of the molecule is c1ccc([C@]2(CCNC[C@@H]3CCc4ccccc43)CCOC3(CCCC3)C2)nc1. The minimum Gasteiger partial charge on any atom is -0.375 e. The molecule has 1 N–H and O–H groups in total. The van der Waals surface area contributed by atoms with E-state index in [0.29, 0.717) is 5.92 Å². The highest BCUT2D eigenvalue weighted by molar-refractivity contribution is 5.35. The van der Waals surface area contributed by atoms with Crippen molar-refractivity contribution in [3.63, 3.8) is 0 Å². The number of hydrogen-bond donors (Lipinski definition) is 1. The van der Waals surface area contributed by atoms with E-state index in [9.17, 15) is 0 Å². The van der Waals surface area contributed by atoms with Gasteiger partial charge in [0.1, 0.15) is 0 Å². The lowest BCUT2D eigenvalue weighted by molar-refractivity contribution is -0.104. The lowest BCUT2D eigenvalue weighted by Gasteiger charge is -2.46. The Morgan fingerprint density at radius 2 is 1.90 bits per heavy atom. The Hall–Kier alpha value is -1.71. The highest BCUT2D eigenvalue weighted by Gasteiger charge is 2.48. The summed E-state index contributed by atoms with van der Waals surface area (Å²) in [5, 5.41) is 3.82. The Labute approximate surface area is 175 Å². The van der Waals surface area contributed by atoms with Crippen LogP contribution in [0.1, 0.15) is 74.1 Å². The summed E-state index contributed by atoms with van der Waals surface area (Å²) in [5.74, 6) is 0.674. The summed E-state index contributed by atoms with van der Waals surface area (Å²) in [5.41, 5.74) is 4.67. The molecular weight excluding hydrogens is 356 g/mol. The molecule has 1 saturated heterocycles. The van der Waals surface area contributed by atoms with Gasteiger partial charge >= 0.3 is 0 Å². The monoisotopic (exact) mass is 390 g/mol. The largest absolute Gasteiger partial charge is 0.375 e. The fourth-order valence-electron chi connectivity index (χ4n) is 6.26. The third kappa shape index (κ3) is 3.87. The van der Waals surface area contributed by atoms with E-state index in [4.69, 9.17) is 9.72 Å². The third-order valence-electron chi connectivity index (χ3n) is 7.80. The van der Waals surface area contributed by atoms with Gasteiger partial charge in [-0.1, -0.05) is 43.2 Å². The molecule has 5 rings (SSSR count). The van der Waals surface area contributed by atoms with E-state index in [1.165, 1.54) is 44.2 Å². The number of aromatic nitrogens is 1. The van der Waals surface area contributed by atoms with Crippen LogP contribution in [-0.4, -0.2) is 30.3 Å². The van der Waals surface area contributed by atoms with Crippen LogP contribution in [0.25, 0.3) is 0 Å². The van der Waals surface area contributed by atoms with Crippen molar-refractivity contribution >= 4 is 0 Å². The predicted octanol–water partition coefficient (Wildman–Crippen LogP) is 5.15. The molecule has 2 atom stereocenters. The first-order chi connectivity index (χ1) is 14.3. The van der Waals surface area contributed by atoms with Gasteiger partial charge in [-0.25, -0.2) is 0 Å². The predicted molar refractivity (Wildman–Crippen MR) is 117 cm³/mol. The van der Waals surface area contributed by atoms with Gasteiger partial charge in [0.2, 0.25) is 0 Å². The van der Waals surface area contributed by atoms with Crippen molar-refractivity contribution in [3.05, 3.63) is 65.5 Å². The van der Waals surface area contributed by atoms with E-state index in [0.717, 1.165) is 39.0 Å². The van der Waals surface area contributed by atoms with Crippen LogP contribution in [0, 0.1) is 0 Å². The zero-order valence-electron chi connectivity index (χ0n) is 17.5. The van der Waals surface area contributed by atoms with Gasteiger partial charge in [0, 0.05) is 30.5 Å². The third-order valence-corrected chi connectivity index (χ3v) is 7.80. The number of hydrogen-bond acceptors (Lipinski definition) is 3. The molecule has 29 heavy (non-hydrogen) atoms. The summed E-state index contributed by atoms with van der Waals surface area (Å²) in [6.07, 6.45) is 13.0. The standard InChI is InChI=1S/C26H34N2O/c1-2-8-23-21(7-1)10-11-22(23)19-27-17-14-25(24-9-3-6-16-28-24)15-18-29-26(20-25)12-4-5-13-26/h1-3,6-9,16,22,27H,4-5,10-15,17-20H2/t22-,25+/m0/s1. The summed E-state index contributed by atoms with van der Waals surface area (Å²) >= 11 is 0. The zero-order valence-corrected chi connectivity index (χ0v) is 17.5. The van der Waals surface area contributed by atoms with Crippen molar-refractivity contribution in [2.24, 2.45) is 0 Å². The fourth-order valence-corrected chi connectivity index (χ4v) is 6.26. The van der Waals surface area contributed by atoms with E-state index in [2.05, 4.69) is 41.7 Å². The number of fused-ring (bicyclic) bond motifs is 1. The van der Waals surface area contributed by atoms with Crippen LogP contribution in [0.3, 0.4) is 0 Å². The number of nitrogens with one attached hydrogen (secondary N) is 1. The molecule has 2 fully saturated rings. The second-order valence-corrected chi connectivity index (χ2v) is 9.55. The molecule has 154 valence electrons. The van der Waals surface area contributed by atoms with Gasteiger partial charge in [-0.05, 0) is 80.7 Å². The molecule has 1 aromatic carbocycles. The van der Waals surface area contributed by atoms with Crippen LogP contribution in [0.5, 0.6) is 0 Å². The molecule has 1 spiro atoms. The Morgan fingerprint density at radius 3 is 2.76 bits per heavy atom. The molecule has 2 heterocycles. The van der Waals surface area contributed by atoms with Crippen LogP contribution in [-0.2, 0) is 16.6 Å². The molecule has 3 heteroatoms. The summed E-state index contributed by atoms with van der Waals surface area (Å²) < 4.78 is 6.38. The summed E-state index contributed by atoms with van der Waals surface area (Å²) in [4.78, 5) is 4.83. The van der Waals surface area contributed by atoms with Gasteiger partial charge in [0.15, 0.2) is 0 Å². The second kappa shape index (κ2) is 8.20. The normalized spacial score (nSPS) is 27.9. The van der Waals surface area contributed by atoms with E-state index < -0.39 is 0 Å². The zero-order chi connectivity index (χ0) is 19.6. The molecule has 2 aliphatic carbocycles. The minimum atomic E-state index is 0.111. The van der Waals surface area contributed by atoms with Crippen LogP contribution < -0.4 is 5.32 Å². The molecule has 1 aliphatic heterocycles. The maximum atomic E-state index is 6.38. The molecule has 0 unspecified atom stereocenters. The highest BCUT2D eigenvalue weighted by Crippen LogP contribution is 2.49. The number of nitrogens with zero attached hydrogens (tertiary/aromatic N) is 1. The fraction of sp³-hybridized carbons (Fsp3) is 0.577. The van der Waals surface area contributed by atoms with Gasteiger partial charge in [-0.2, -0.15) is 0 Å². The molecule has 3 nitrogen and oxygen atoms in total. The van der Waals surface area contributed by atoms with Crippen molar-refractivity contribution in [1.82, 2.24) is 10.3 Å². The van der Waals surface area contributed by atoms with Crippen LogP contribution in [0.4, 0.5) is 0 Å². The van der Waals surface area contributed by atoms with Gasteiger partial charge in [-0.3, -0.25) is 4.98 Å². The Balaban J connectivity index is 1.26. The first-order valence-electron chi connectivity index (χ1n) is 11.6. The highest BCUT2D eigenvalue weighted by atomic mass is 16.5. The van der Waals surface area contributed by atoms with Gasteiger partial charge in [0.25, 0.3) is 0 Å². The summed E-state index contributed by atoms with van der Waals surface area (Å²) in [6, 6.07) is 15.4. The van der Waals surface area contributed by atoms with Gasteiger partial charge in [0.05, 0.1) is 5.60 Å². The number of aryl methyl sites for hydroxylation is 1. The number of benzene rings is 1. The van der Waals surface area contributed by atoms with E-state index >= 15 is 0 Å². The Bertz CT molecular complexity index is 814. The molecule has 1 aromatic heterocycles. The molecule has 2 aromatic rings. The minimum absolute atomic E-state index is 0.111. The first kappa shape index (κ1) is 19.3. The van der Waals surface area contributed by atoms with Crippen LogP contribution in [0.2, 0.25) is 0 Å². The van der Waals surface area contributed by atoms with E-state index in [-0.39, 0.29) is 11.0 Å². The van der Waals surface area contributed by atoms with Crippen molar-refractivity contribution in [2.75, 3.05) is 19.7 Å². The van der Waals surface area contributed by atoms with Crippen LogP contribution in [0.15, 0.2) is 48.7 Å². The number of ether oxygens (including phenoxy) is 1. The van der Waals surface area contributed by atoms with E-state index in [1.807, 2.05) is 12.3 Å². The average molecular weight is 391 g/mol. The topological polar surface area (TPSA) is 34.1 Å². The summed E-state index contributed by atoms with van der Waals surface area (Å²) in [6.45, 7) is 3.04. The molecule has 0 radical (unpaired) electrons. The first-order valence-corrected chi connectivity index (χ1v) is 11.6. The molecular formula is C26H34N2O. The molecule has 3 aliphatic rings. The average Bonchev–Trinajstić information content (AvgIpc) is 3.39. The maximum absolute atomic E-state index is 6.38. The molecule has 0 bridgehead atoms.